The molecular formula is C12H19NO2. The third-order valence-electron chi connectivity index (χ3n) is 2.79. The summed E-state index contributed by atoms with van der Waals surface area (Å²) in [5.41, 5.74) is 1.49. The van der Waals surface area contributed by atoms with Crippen molar-refractivity contribution in [3.05, 3.63) is 23.3 Å². The van der Waals surface area contributed by atoms with Crippen LogP contribution in [-0.4, -0.2) is 35.3 Å². The number of rotatable bonds is 3. The molecule has 0 bridgehead atoms. The zero-order valence-electron chi connectivity index (χ0n) is 9.78. The molecule has 3 nitrogen and oxygen atoms in total. The van der Waals surface area contributed by atoms with Crippen molar-refractivity contribution in [1.29, 1.82) is 0 Å². The number of aryl methyl sites for hydroxylation is 1. The summed E-state index contributed by atoms with van der Waals surface area (Å²) >= 11 is 0. The summed E-state index contributed by atoms with van der Waals surface area (Å²) in [7, 11) is 3.99. The van der Waals surface area contributed by atoms with Gasteiger partial charge in [-0.25, -0.2) is 0 Å². The minimum absolute atomic E-state index is 0.244. The molecule has 0 aliphatic carbocycles. The first-order chi connectivity index (χ1) is 6.91. The molecule has 1 aromatic rings. The number of hydrogen-bond donors (Lipinski definition) is 2. The molecule has 1 rings (SSSR count). The Labute approximate surface area is 91.0 Å². The predicted molar refractivity (Wildman–Crippen MR) is 61.4 cm³/mol. The molecular weight excluding hydrogens is 190 g/mol. The van der Waals surface area contributed by atoms with Crippen molar-refractivity contribution in [3.8, 4) is 11.5 Å². The van der Waals surface area contributed by atoms with E-state index in [1.54, 1.807) is 19.1 Å². The van der Waals surface area contributed by atoms with Gasteiger partial charge in [0.15, 0.2) is 0 Å². The van der Waals surface area contributed by atoms with Crippen molar-refractivity contribution in [3.63, 3.8) is 0 Å². The van der Waals surface area contributed by atoms with E-state index in [1.165, 1.54) is 0 Å². The van der Waals surface area contributed by atoms with Gasteiger partial charge < -0.3 is 15.1 Å². The van der Waals surface area contributed by atoms with E-state index in [4.69, 9.17) is 0 Å². The molecule has 0 radical (unpaired) electrons. The molecule has 0 amide bonds. The third-order valence-corrected chi connectivity index (χ3v) is 2.79. The van der Waals surface area contributed by atoms with E-state index in [2.05, 4.69) is 11.8 Å². The van der Waals surface area contributed by atoms with Crippen LogP contribution < -0.4 is 0 Å². The van der Waals surface area contributed by atoms with Crippen LogP contribution in [0.4, 0.5) is 0 Å². The second kappa shape index (κ2) is 4.53. The largest absolute Gasteiger partial charge is 0.508 e. The van der Waals surface area contributed by atoms with E-state index in [0.29, 0.717) is 11.6 Å². The molecule has 15 heavy (non-hydrogen) atoms. The van der Waals surface area contributed by atoms with Gasteiger partial charge in [0.2, 0.25) is 0 Å². The van der Waals surface area contributed by atoms with Crippen LogP contribution in [-0.2, 0) is 6.42 Å². The fourth-order valence-corrected chi connectivity index (χ4v) is 1.39. The molecule has 0 aromatic heterocycles. The Balaban J connectivity index is 2.91. The summed E-state index contributed by atoms with van der Waals surface area (Å²) in [4.78, 5) is 2.08. The zero-order chi connectivity index (χ0) is 11.6. The number of hydrogen-bond acceptors (Lipinski definition) is 3. The Hall–Kier alpha value is -1.22. The standard InChI is InChI=1S/C12H19NO2/c1-8-5-12(15)10(7-11(8)14)6-9(2)13(3)4/h5,7,9,14-15H,6H2,1-4H3. The van der Waals surface area contributed by atoms with Crippen molar-refractivity contribution < 1.29 is 10.2 Å². The predicted octanol–water partition coefficient (Wildman–Crippen LogP) is 1.90. The van der Waals surface area contributed by atoms with E-state index < -0.39 is 0 Å². The molecule has 0 heterocycles. The summed E-state index contributed by atoms with van der Waals surface area (Å²) in [6, 6.07) is 3.58. The maximum atomic E-state index is 9.72. The summed E-state index contributed by atoms with van der Waals surface area (Å²) in [5, 5.41) is 19.3. The van der Waals surface area contributed by atoms with E-state index in [0.717, 1.165) is 12.0 Å². The highest BCUT2D eigenvalue weighted by atomic mass is 16.3. The Bertz CT molecular complexity index is 348. The van der Waals surface area contributed by atoms with Gasteiger partial charge in [0.1, 0.15) is 11.5 Å². The van der Waals surface area contributed by atoms with E-state index in [9.17, 15) is 10.2 Å². The van der Waals surface area contributed by atoms with Crippen LogP contribution in [0.25, 0.3) is 0 Å². The fraction of sp³-hybridized carbons (Fsp3) is 0.500. The van der Waals surface area contributed by atoms with Gasteiger partial charge in [-0.1, -0.05) is 0 Å². The second-order valence-electron chi connectivity index (χ2n) is 4.28. The number of phenols is 2. The molecule has 1 atom stereocenters. The van der Waals surface area contributed by atoms with Crippen molar-refractivity contribution in [2.24, 2.45) is 0 Å². The van der Waals surface area contributed by atoms with Crippen LogP contribution in [0.1, 0.15) is 18.1 Å². The average Bonchev–Trinajstić information content (AvgIpc) is 2.13. The molecule has 84 valence electrons. The summed E-state index contributed by atoms with van der Waals surface area (Å²) in [6.07, 6.45) is 0.729. The Morgan fingerprint density at radius 1 is 1.20 bits per heavy atom. The Kier molecular flexibility index (Phi) is 3.58. The van der Waals surface area contributed by atoms with E-state index in [1.807, 2.05) is 14.1 Å². The quantitative estimate of drug-likeness (QED) is 0.747. The lowest BCUT2D eigenvalue weighted by atomic mass is 10.0. The monoisotopic (exact) mass is 209 g/mol. The maximum absolute atomic E-state index is 9.72. The zero-order valence-corrected chi connectivity index (χ0v) is 9.78. The van der Waals surface area contributed by atoms with Gasteiger partial charge in [0.05, 0.1) is 0 Å². The van der Waals surface area contributed by atoms with Crippen LogP contribution in [0.5, 0.6) is 11.5 Å². The molecule has 0 aliphatic heterocycles. The number of likely N-dealkylation sites (N-methyl/N-ethyl adjacent to an activating group) is 1. The third kappa shape index (κ3) is 2.86. The average molecular weight is 209 g/mol. The topological polar surface area (TPSA) is 43.7 Å². The maximum Gasteiger partial charge on any atom is 0.119 e. The van der Waals surface area contributed by atoms with Gasteiger partial charge in [-0.3, -0.25) is 0 Å². The van der Waals surface area contributed by atoms with Gasteiger partial charge in [0.25, 0.3) is 0 Å². The van der Waals surface area contributed by atoms with E-state index >= 15 is 0 Å². The molecule has 3 heteroatoms. The first-order valence-electron chi connectivity index (χ1n) is 5.09. The summed E-state index contributed by atoms with van der Waals surface area (Å²) < 4.78 is 0. The van der Waals surface area contributed by atoms with Crippen molar-refractivity contribution >= 4 is 0 Å². The highest BCUT2D eigenvalue weighted by Gasteiger charge is 2.11. The second-order valence-corrected chi connectivity index (χ2v) is 4.28. The summed E-state index contributed by atoms with van der Waals surface area (Å²) in [5.74, 6) is 0.507. The molecule has 1 aromatic carbocycles. The Morgan fingerprint density at radius 2 is 1.80 bits per heavy atom. The molecule has 2 N–H and O–H groups in total. The minimum Gasteiger partial charge on any atom is -0.508 e. The number of benzene rings is 1. The first-order valence-corrected chi connectivity index (χ1v) is 5.09. The van der Waals surface area contributed by atoms with Gasteiger partial charge in [0, 0.05) is 6.04 Å². The molecule has 0 aliphatic rings. The van der Waals surface area contributed by atoms with Crippen LogP contribution >= 0.6 is 0 Å². The van der Waals surface area contributed by atoms with Gasteiger partial charge in [-0.05, 0) is 57.6 Å². The van der Waals surface area contributed by atoms with Crippen molar-refractivity contribution in [1.82, 2.24) is 4.90 Å². The smallest absolute Gasteiger partial charge is 0.119 e. The number of phenolic OH excluding ortho intramolecular Hbond substituents is 2. The molecule has 0 spiro atoms. The van der Waals surface area contributed by atoms with Crippen LogP contribution in [0, 0.1) is 6.92 Å². The minimum atomic E-state index is 0.244. The molecule has 1 unspecified atom stereocenters. The summed E-state index contributed by atoms with van der Waals surface area (Å²) in [6.45, 7) is 3.85. The van der Waals surface area contributed by atoms with Crippen molar-refractivity contribution in [2.45, 2.75) is 26.3 Å². The van der Waals surface area contributed by atoms with Crippen molar-refractivity contribution in [2.75, 3.05) is 14.1 Å². The van der Waals surface area contributed by atoms with E-state index in [-0.39, 0.29) is 11.5 Å². The van der Waals surface area contributed by atoms with Crippen LogP contribution in [0.2, 0.25) is 0 Å². The fourth-order valence-electron chi connectivity index (χ4n) is 1.39. The highest BCUT2D eigenvalue weighted by Crippen LogP contribution is 2.27. The number of nitrogens with zero attached hydrogens (tertiary/aromatic N) is 1. The SMILES string of the molecule is Cc1cc(O)c(CC(C)N(C)C)cc1O. The molecule has 0 saturated carbocycles. The molecule has 0 fully saturated rings. The lowest BCUT2D eigenvalue weighted by molar-refractivity contribution is 0.309. The first kappa shape index (κ1) is 11.9. The lowest BCUT2D eigenvalue weighted by Crippen LogP contribution is -2.26. The van der Waals surface area contributed by atoms with Crippen LogP contribution in [0.3, 0.4) is 0 Å². The van der Waals surface area contributed by atoms with Gasteiger partial charge >= 0.3 is 0 Å². The Morgan fingerprint density at radius 3 is 2.33 bits per heavy atom. The van der Waals surface area contributed by atoms with Crippen LogP contribution in [0.15, 0.2) is 12.1 Å². The van der Waals surface area contributed by atoms with Gasteiger partial charge in [-0.15, -0.1) is 0 Å². The number of aromatic hydroxyl groups is 2. The van der Waals surface area contributed by atoms with Gasteiger partial charge in [-0.2, -0.15) is 0 Å². The lowest BCUT2D eigenvalue weighted by Gasteiger charge is -2.20. The normalized spacial score (nSPS) is 13.1. The molecule has 0 saturated heterocycles. The highest BCUT2D eigenvalue weighted by molar-refractivity contribution is 5.44.